The SMILES string of the molecule is O=C(Cc1ccc(NC(=O)c2cc3ccccc3o2)cc1)NC(c1ccccc1)c1ccncc1. The van der Waals surface area contributed by atoms with Crippen molar-refractivity contribution in [2.45, 2.75) is 12.5 Å². The fourth-order valence-electron chi connectivity index (χ4n) is 3.95. The van der Waals surface area contributed by atoms with Gasteiger partial charge in [-0.25, -0.2) is 0 Å². The first kappa shape index (κ1) is 22.1. The molecule has 6 nitrogen and oxygen atoms in total. The van der Waals surface area contributed by atoms with Crippen molar-refractivity contribution in [3.05, 3.63) is 132 Å². The second-order valence-electron chi connectivity index (χ2n) is 8.17. The van der Waals surface area contributed by atoms with Crippen molar-refractivity contribution in [2.75, 3.05) is 5.32 Å². The number of benzene rings is 3. The summed E-state index contributed by atoms with van der Waals surface area (Å²) in [7, 11) is 0. The number of carbonyl (C=O) groups is 2. The van der Waals surface area contributed by atoms with Gasteiger partial charge in [0.1, 0.15) is 5.58 Å². The molecule has 1 atom stereocenters. The van der Waals surface area contributed by atoms with Gasteiger partial charge < -0.3 is 15.1 Å². The minimum atomic E-state index is -0.324. The summed E-state index contributed by atoms with van der Waals surface area (Å²) in [6.07, 6.45) is 3.65. The highest BCUT2D eigenvalue weighted by Gasteiger charge is 2.17. The number of nitrogens with zero attached hydrogens (tertiary/aromatic N) is 1. The molecule has 0 spiro atoms. The number of rotatable bonds is 7. The van der Waals surface area contributed by atoms with E-state index in [0.29, 0.717) is 11.3 Å². The third kappa shape index (κ3) is 5.28. The van der Waals surface area contributed by atoms with Crippen molar-refractivity contribution in [3.8, 4) is 0 Å². The Morgan fingerprint density at radius 1 is 0.800 bits per heavy atom. The van der Waals surface area contributed by atoms with Crippen LogP contribution in [0.3, 0.4) is 0 Å². The Labute approximate surface area is 202 Å². The van der Waals surface area contributed by atoms with Gasteiger partial charge in [-0.1, -0.05) is 60.7 Å². The molecule has 0 saturated heterocycles. The lowest BCUT2D eigenvalue weighted by atomic mass is 9.99. The number of carbonyl (C=O) groups excluding carboxylic acids is 2. The van der Waals surface area contributed by atoms with E-state index in [1.54, 1.807) is 30.6 Å². The highest BCUT2D eigenvalue weighted by Crippen LogP contribution is 2.22. The zero-order chi connectivity index (χ0) is 24.0. The second kappa shape index (κ2) is 10.1. The summed E-state index contributed by atoms with van der Waals surface area (Å²) in [6.45, 7) is 0. The third-order valence-electron chi connectivity index (χ3n) is 5.70. The molecular weight excluding hydrogens is 438 g/mol. The summed E-state index contributed by atoms with van der Waals surface area (Å²) >= 11 is 0. The molecule has 0 radical (unpaired) electrons. The van der Waals surface area contributed by atoms with Gasteiger partial charge >= 0.3 is 0 Å². The smallest absolute Gasteiger partial charge is 0.291 e. The summed E-state index contributed by atoms with van der Waals surface area (Å²) in [5, 5.41) is 6.84. The second-order valence-corrected chi connectivity index (χ2v) is 8.17. The van der Waals surface area contributed by atoms with Gasteiger partial charge in [0.25, 0.3) is 5.91 Å². The van der Waals surface area contributed by atoms with Crippen LogP contribution in [0.2, 0.25) is 0 Å². The summed E-state index contributed by atoms with van der Waals surface area (Å²) in [5.74, 6) is -0.179. The van der Waals surface area contributed by atoms with E-state index < -0.39 is 0 Å². The molecule has 6 heteroatoms. The number of anilines is 1. The van der Waals surface area contributed by atoms with Crippen LogP contribution in [0, 0.1) is 0 Å². The van der Waals surface area contributed by atoms with E-state index >= 15 is 0 Å². The van der Waals surface area contributed by atoms with Crippen LogP contribution in [0.25, 0.3) is 11.0 Å². The van der Waals surface area contributed by atoms with Gasteiger partial charge in [-0.3, -0.25) is 14.6 Å². The van der Waals surface area contributed by atoms with Crippen molar-refractivity contribution < 1.29 is 14.0 Å². The van der Waals surface area contributed by atoms with E-state index in [1.807, 2.05) is 78.9 Å². The van der Waals surface area contributed by atoms with Gasteiger partial charge in [-0.05, 0) is 53.1 Å². The maximum Gasteiger partial charge on any atom is 0.291 e. The lowest BCUT2D eigenvalue weighted by Crippen LogP contribution is -2.30. The Kier molecular flexibility index (Phi) is 6.35. The lowest BCUT2D eigenvalue weighted by molar-refractivity contribution is -0.120. The molecule has 0 aliphatic heterocycles. The average Bonchev–Trinajstić information content (AvgIpc) is 3.34. The number of para-hydroxylation sites is 1. The molecule has 0 aliphatic rings. The predicted molar refractivity (Wildman–Crippen MR) is 135 cm³/mol. The first-order valence-electron chi connectivity index (χ1n) is 11.3. The van der Waals surface area contributed by atoms with Crippen molar-refractivity contribution in [1.82, 2.24) is 10.3 Å². The largest absolute Gasteiger partial charge is 0.451 e. The molecule has 0 saturated carbocycles. The molecule has 5 rings (SSSR count). The Balaban J connectivity index is 1.24. The van der Waals surface area contributed by atoms with E-state index in [-0.39, 0.29) is 30.0 Å². The molecule has 2 N–H and O–H groups in total. The number of nitrogens with one attached hydrogen (secondary N) is 2. The summed E-state index contributed by atoms with van der Waals surface area (Å²) in [4.78, 5) is 29.5. The number of pyridine rings is 1. The average molecular weight is 462 g/mol. The van der Waals surface area contributed by atoms with Crippen molar-refractivity contribution >= 4 is 28.5 Å². The van der Waals surface area contributed by atoms with Crippen LogP contribution in [0.1, 0.15) is 33.3 Å². The molecule has 0 fully saturated rings. The van der Waals surface area contributed by atoms with Gasteiger partial charge in [-0.15, -0.1) is 0 Å². The quantitative estimate of drug-likeness (QED) is 0.334. The number of aromatic nitrogens is 1. The van der Waals surface area contributed by atoms with Crippen LogP contribution in [0.4, 0.5) is 5.69 Å². The standard InChI is InChI=1S/C29H23N3O3/c33-27(32-28(21-6-2-1-3-7-21)22-14-16-30-17-15-22)18-20-10-12-24(13-11-20)31-29(34)26-19-23-8-4-5-9-25(23)35-26/h1-17,19,28H,18H2,(H,31,34)(H,32,33). The summed E-state index contributed by atoms with van der Waals surface area (Å²) < 4.78 is 5.62. The van der Waals surface area contributed by atoms with Crippen LogP contribution in [0.5, 0.6) is 0 Å². The van der Waals surface area contributed by atoms with Crippen LogP contribution in [-0.2, 0) is 11.2 Å². The molecule has 0 aliphatic carbocycles. The molecule has 172 valence electrons. The summed E-state index contributed by atoms with van der Waals surface area (Å²) in [6, 6.07) is 29.8. The van der Waals surface area contributed by atoms with Crippen LogP contribution in [-0.4, -0.2) is 16.8 Å². The number of hydrogen-bond acceptors (Lipinski definition) is 4. The van der Waals surface area contributed by atoms with Crippen molar-refractivity contribution in [2.24, 2.45) is 0 Å². The molecule has 0 bridgehead atoms. The fourth-order valence-corrected chi connectivity index (χ4v) is 3.95. The van der Waals surface area contributed by atoms with Crippen LogP contribution < -0.4 is 10.6 Å². The van der Waals surface area contributed by atoms with E-state index in [1.165, 1.54) is 0 Å². The van der Waals surface area contributed by atoms with Gasteiger partial charge in [0.2, 0.25) is 5.91 Å². The van der Waals surface area contributed by atoms with Crippen molar-refractivity contribution in [1.29, 1.82) is 0 Å². The molecule has 3 aromatic carbocycles. The van der Waals surface area contributed by atoms with Crippen LogP contribution in [0.15, 0.2) is 114 Å². The molecule has 2 aromatic heterocycles. The Morgan fingerprint density at radius 2 is 1.49 bits per heavy atom. The minimum Gasteiger partial charge on any atom is -0.451 e. The molecule has 2 amide bonds. The Morgan fingerprint density at radius 3 is 2.23 bits per heavy atom. The molecular formula is C29H23N3O3. The Bertz CT molecular complexity index is 1370. The van der Waals surface area contributed by atoms with Gasteiger partial charge in [0.05, 0.1) is 12.5 Å². The highest BCUT2D eigenvalue weighted by molar-refractivity contribution is 6.04. The summed E-state index contributed by atoms with van der Waals surface area (Å²) in [5.41, 5.74) is 4.09. The highest BCUT2D eigenvalue weighted by atomic mass is 16.3. The topological polar surface area (TPSA) is 84.2 Å². The molecule has 35 heavy (non-hydrogen) atoms. The fraction of sp³-hybridized carbons (Fsp3) is 0.0690. The first-order valence-corrected chi connectivity index (χ1v) is 11.3. The molecule has 2 heterocycles. The van der Waals surface area contributed by atoms with E-state index in [9.17, 15) is 9.59 Å². The Hall–Kier alpha value is -4.71. The first-order chi connectivity index (χ1) is 17.2. The third-order valence-corrected chi connectivity index (χ3v) is 5.70. The van der Waals surface area contributed by atoms with E-state index in [4.69, 9.17) is 4.42 Å². The zero-order valence-corrected chi connectivity index (χ0v) is 18.8. The number of fused-ring (bicyclic) bond motifs is 1. The molecule has 1 unspecified atom stereocenters. The normalized spacial score (nSPS) is 11.7. The number of furan rings is 1. The van der Waals surface area contributed by atoms with Gasteiger partial charge in [0.15, 0.2) is 5.76 Å². The number of hydrogen-bond donors (Lipinski definition) is 2. The van der Waals surface area contributed by atoms with E-state index in [0.717, 1.165) is 22.1 Å². The minimum absolute atomic E-state index is 0.102. The lowest BCUT2D eigenvalue weighted by Gasteiger charge is -2.20. The van der Waals surface area contributed by atoms with Gasteiger partial charge in [-0.2, -0.15) is 0 Å². The van der Waals surface area contributed by atoms with Crippen molar-refractivity contribution in [3.63, 3.8) is 0 Å². The maximum atomic E-state index is 12.9. The number of amides is 2. The monoisotopic (exact) mass is 461 g/mol. The van der Waals surface area contributed by atoms with Gasteiger partial charge in [0, 0.05) is 23.5 Å². The predicted octanol–water partition coefficient (Wildman–Crippen LogP) is 5.53. The zero-order valence-electron chi connectivity index (χ0n) is 18.8. The van der Waals surface area contributed by atoms with E-state index in [2.05, 4.69) is 15.6 Å². The molecule has 5 aromatic rings. The van der Waals surface area contributed by atoms with Crippen LogP contribution >= 0.6 is 0 Å². The maximum absolute atomic E-state index is 12.9.